The number of thiocarbonyl (C=S) groups is 1. The molecule has 0 spiro atoms. The largest absolute Gasteiger partial charge is 0.484 e. The smallest absolute Gasteiger partial charge is 0.144 e. The van der Waals surface area contributed by atoms with E-state index in [2.05, 4.69) is 5.32 Å². The molecule has 0 saturated carbocycles. The molecule has 0 bridgehead atoms. The van der Waals surface area contributed by atoms with E-state index in [0.717, 1.165) is 17.0 Å². The average Bonchev–Trinajstić information content (AvgIpc) is 2.08. The number of rotatable bonds is 0. The maximum absolute atomic E-state index is 5.94. The van der Waals surface area contributed by atoms with Crippen molar-refractivity contribution in [1.82, 2.24) is 0 Å². The number of nitrogens with one attached hydrogen (secondary N) is 1. The van der Waals surface area contributed by atoms with E-state index < -0.39 is 0 Å². The number of hydrogen-bond donors (Lipinski definition) is 1. The Hall–Kier alpha value is -0.800. The summed E-state index contributed by atoms with van der Waals surface area (Å²) in [5.41, 5.74) is 1.92. The number of anilines is 1. The van der Waals surface area contributed by atoms with E-state index in [-0.39, 0.29) is 0 Å². The van der Waals surface area contributed by atoms with Gasteiger partial charge in [-0.25, -0.2) is 0 Å². The Morgan fingerprint density at radius 2 is 2.31 bits per heavy atom. The third-order valence-corrected chi connectivity index (χ3v) is 2.52. The van der Waals surface area contributed by atoms with Crippen LogP contribution in [0.2, 0.25) is 5.02 Å². The summed E-state index contributed by atoms with van der Waals surface area (Å²) in [6.07, 6.45) is 0. The Bertz CT molecular complexity index is 378. The van der Waals surface area contributed by atoms with E-state index in [1.165, 1.54) is 0 Å². The molecule has 2 nitrogen and oxygen atoms in total. The van der Waals surface area contributed by atoms with Crippen LogP contribution in [0.5, 0.6) is 5.75 Å². The number of ether oxygens (including phenoxy) is 1. The molecule has 0 aromatic heterocycles. The highest BCUT2D eigenvalue weighted by atomic mass is 35.5. The highest BCUT2D eigenvalue weighted by Crippen LogP contribution is 2.33. The molecule has 0 radical (unpaired) electrons. The van der Waals surface area contributed by atoms with Gasteiger partial charge in [-0.05, 0) is 18.6 Å². The molecule has 0 atom stereocenters. The number of aryl methyl sites for hydroxylation is 1. The minimum Gasteiger partial charge on any atom is -0.484 e. The molecule has 2 rings (SSSR count). The topological polar surface area (TPSA) is 21.3 Å². The van der Waals surface area contributed by atoms with Gasteiger partial charge in [0.1, 0.15) is 17.3 Å². The lowest BCUT2D eigenvalue weighted by atomic mass is 10.2. The molecule has 0 saturated heterocycles. The van der Waals surface area contributed by atoms with Gasteiger partial charge >= 0.3 is 0 Å². The zero-order valence-corrected chi connectivity index (χ0v) is 8.63. The first kappa shape index (κ1) is 8.78. The van der Waals surface area contributed by atoms with Crippen LogP contribution in [0.15, 0.2) is 12.1 Å². The summed E-state index contributed by atoms with van der Waals surface area (Å²) in [5, 5.41) is 3.79. The van der Waals surface area contributed by atoms with E-state index in [0.29, 0.717) is 16.6 Å². The second kappa shape index (κ2) is 3.16. The van der Waals surface area contributed by atoms with E-state index >= 15 is 0 Å². The number of hydrogen-bond acceptors (Lipinski definition) is 2. The van der Waals surface area contributed by atoms with E-state index in [4.69, 9.17) is 28.6 Å². The summed E-state index contributed by atoms with van der Waals surface area (Å²) in [7, 11) is 0. The minimum absolute atomic E-state index is 0.432. The van der Waals surface area contributed by atoms with Gasteiger partial charge in [-0.1, -0.05) is 23.8 Å². The predicted molar refractivity (Wildman–Crippen MR) is 57.9 cm³/mol. The van der Waals surface area contributed by atoms with Crippen LogP contribution in [0.25, 0.3) is 0 Å². The first-order valence-electron chi connectivity index (χ1n) is 3.89. The molecule has 68 valence electrons. The lowest BCUT2D eigenvalue weighted by Gasteiger charge is -2.20. The van der Waals surface area contributed by atoms with E-state index in [1.54, 1.807) is 6.07 Å². The predicted octanol–water partition coefficient (Wildman–Crippen LogP) is 2.78. The number of halogens is 1. The number of benzene rings is 1. The summed E-state index contributed by atoms with van der Waals surface area (Å²) in [6, 6.07) is 3.74. The fourth-order valence-corrected chi connectivity index (χ4v) is 1.53. The third kappa shape index (κ3) is 1.62. The molecule has 0 amide bonds. The summed E-state index contributed by atoms with van der Waals surface area (Å²) >= 11 is 10.9. The van der Waals surface area contributed by atoms with Crippen molar-refractivity contribution in [2.45, 2.75) is 6.92 Å². The molecule has 0 aliphatic carbocycles. The van der Waals surface area contributed by atoms with Crippen LogP contribution in [0.1, 0.15) is 5.56 Å². The van der Waals surface area contributed by atoms with Crippen molar-refractivity contribution in [2.75, 3.05) is 11.9 Å². The van der Waals surface area contributed by atoms with Crippen LogP contribution in [0.3, 0.4) is 0 Å². The molecule has 4 heteroatoms. The Morgan fingerprint density at radius 3 is 3.08 bits per heavy atom. The van der Waals surface area contributed by atoms with Crippen LogP contribution < -0.4 is 10.1 Å². The maximum Gasteiger partial charge on any atom is 0.144 e. The molecule has 1 aromatic carbocycles. The standard InChI is InChI=1S/C9H8ClNOS/c1-5-2-7-8(3-6(5)10)12-4-9(13)11-7/h2-3H,4H2,1H3,(H,11,13). The molecule has 1 aliphatic rings. The van der Waals surface area contributed by atoms with Crippen LogP contribution in [0.4, 0.5) is 5.69 Å². The molecular formula is C9H8ClNOS. The second-order valence-electron chi connectivity index (χ2n) is 2.93. The van der Waals surface area contributed by atoms with Crippen LogP contribution >= 0.6 is 23.8 Å². The Morgan fingerprint density at radius 1 is 1.54 bits per heavy atom. The molecule has 1 N–H and O–H groups in total. The quantitative estimate of drug-likeness (QED) is 0.670. The van der Waals surface area contributed by atoms with Gasteiger partial charge in [0, 0.05) is 11.1 Å². The zero-order valence-electron chi connectivity index (χ0n) is 7.06. The zero-order chi connectivity index (χ0) is 9.42. The summed E-state index contributed by atoms with van der Waals surface area (Å²) < 4.78 is 5.38. The molecule has 1 aliphatic heterocycles. The van der Waals surface area contributed by atoms with E-state index in [1.807, 2.05) is 13.0 Å². The van der Waals surface area contributed by atoms with Crippen molar-refractivity contribution < 1.29 is 4.74 Å². The lowest BCUT2D eigenvalue weighted by molar-refractivity contribution is 0.375. The molecule has 1 aromatic rings. The summed E-state index contributed by atoms with van der Waals surface area (Å²) in [6.45, 7) is 2.38. The van der Waals surface area contributed by atoms with Gasteiger partial charge in [-0.2, -0.15) is 0 Å². The highest BCUT2D eigenvalue weighted by Gasteiger charge is 2.14. The van der Waals surface area contributed by atoms with E-state index in [9.17, 15) is 0 Å². The summed E-state index contributed by atoms with van der Waals surface area (Å²) in [4.78, 5) is 0.703. The van der Waals surface area contributed by atoms with Gasteiger partial charge in [-0.3, -0.25) is 0 Å². The summed E-state index contributed by atoms with van der Waals surface area (Å²) in [5.74, 6) is 0.768. The molecule has 1 heterocycles. The van der Waals surface area contributed by atoms with Gasteiger partial charge in [0.2, 0.25) is 0 Å². The van der Waals surface area contributed by atoms with Crippen LogP contribution in [-0.4, -0.2) is 11.6 Å². The van der Waals surface area contributed by atoms with Gasteiger partial charge in [0.25, 0.3) is 0 Å². The third-order valence-electron chi connectivity index (χ3n) is 1.89. The first-order valence-corrected chi connectivity index (χ1v) is 4.68. The van der Waals surface area contributed by atoms with Gasteiger partial charge in [-0.15, -0.1) is 0 Å². The molecule has 0 fully saturated rings. The van der Waals surface area contributed by atoms with Crippen LogP contribution in [0, 0.1) is 6.92 Å². The Balaban J connectivity index is 2.49. The number of fused-ring (bicyclic) bond motifs is 1. The van der Waals surface area contributed by atoms with Crippen molar-refractivity contribution in [1.29, 1.82) is 0 Å². The first-order chi connectivity index (χ1) is 6.16. The monoisotopic (exact) mass is 213 g/mol. The Kier molecular flexibility index (Phi) is 2.14. The highest BCUT2D eigenvalue weighted by molar-refractivity contribution is 7.80. The van der Waals surface area contributed by atoms with Crippen LogP contribution in [-0.2, 0) is 0 Å². The lowest BCUT2D eigenvalue weighted by Crippen LogP contribution is -2.23. The Labute approximate surface area is 86.8 Å². The molecular weight excluding hydrogens is 206 g/mol. The van der Waals surface area contributed by atoms with Crippen molar-refractivity contribution in [3.63, 3.8) is 0 Å². The molecule has 13 heavy (non-hydrogen) atoms. The normalized spacial score (nSPS) is 14.5. The fourth-order valence-electron chi connectivity index (χ4n) is 1.21. The van der Waals surface area contributed by atoms with Gasteiger partial charge in [0.15, 0.2) is 0 Å². The average molecular weight is 214 g/mol. The molecule has 0 unspecified atom stereocenters. The second-order valence-corrected chi connectivity index (χ2v) is 3.83. The maximum atomic E-state index is 5.94. The van der Waals surface area contributed by atoms with Crippen molar-refractivity contribution in [2.24, 2.45) is 0 Å². The minimum atomic E-state index is 0.432. The fraction of sp³-hybridized carbons (Fsp3) is 0.222. The van der Waals surface area contributed by atoms with Crippen molar-refractivity contribution >= 4 is 34.5 Å². The van der Waals surface area contributed by atoms with Crippen molar-refractivity contribution in [3.8, 4) is 5.75 Å². The van der Waals surface area contributed by atoms with Gasteiger partial charge in [0.05, 0.1) is 5.69 Å². The van der Waals surface area contributed by atoms with Crippen molar-refractivity contribution in [3.05, 3.63) is 22.7 Å². The van der Waals surface area contributed by atoms with Gasteiger partial charge < -0.3 is 10.1 Å². The SMILES string of the molecule is Cc1cc2c(cc1Cl)OCC(=S)N2.